The Bertz CT molecular complexity index is 726. The molecular formula is C13H19N5O2S. The Morgan fingerprint density at radius 1 is 1.38 bits per heavy atom. The molecule has 8 heteroatoms. The van der Waals surface area contributed by atoms with E-state index in [4.69, 9.17) is 0 Å². The molecule has 1 saturated heterocycles. The van der Waals surface area contributed by atoms with Crippen molar-refractivity contribution in [2.75, 3.05) is 28.7 Å². The number of fused-ring (bicyclic) bond motifs is 1. The molecule has 3 rings (SSSR count). The third-order valence-corrected chi connectivity index (χ3v) is 5.34. The lowest BCUT2D eigenvalue weighted by atomic mass is 10.1. The molecule has 0 bridgehead atoms. The van der Waals surface area contributed by atoms with Crippen molar-refractivity contribution < 1.29 is 8.42 Å². The minimum absolute atomic E-state index is 0.124. The van der Waals surface area contributed by atoms with Gasteiger partial charge in [0.15, 0.2) is 11.5 Å². The third-order valence-electron chi connectivity index (χ3n) is 3.63. The zero-order chi connectivity index (χ0) is 14.9. The van der Waals surface area contributed by atoms with E-state index in [2.05, 4.69) is 20.6 Å². The molecular weight excluding hydrogens is 290 g/mol. The van der Waals surface area contributed by atoms with Gasteiger partial charge in [0.05, 0.1) is 17.7 Å². The number of imidazole rings is 1. The summed E-state index contributed by atoms with van der Waals surface area (Å²) in [5, 5.41) is 6.53. The average Bonchev–Trinajstić information content (AvgIpc) is 2.90. The summed E-state index contributed by atoms with van der Waals surface area (Å²) in [6.45, 7) is 2.80. The molecule has 1 fully saturated rings. The molecule has 3 heterocycles. The lowest BCUT2D eigenvalue weighted by Gasteiger charge is -2.23. The highest BCUT2D eigenvalue weighted by Crippen LogP contribution is 2.21. The van der Waals surface area contributed by atoms with Crippen LogP contribution in [0.1, 0.15) is 19.8 Å². The van der Waals surface area contributed by atoms with Gasteiger partial charge in [-0.05, 0) is 19.8 Å². The van der Waals surface area contributed by atoms with Crippen LogP contribution in [0.25, 0.3) is 5.65 Å². The summed E-state index contributed by atoms with van der Waals surface area (Å²) in [7, 11) is -2.85. The molecule has 21 heavy (non-hydrogen) atoms. The second kappa shape index (κ2) is 5.51. The molecule has 2 aromatic rings. The van der Waals surface area contributed by atoms with E-state index in [1.165, 1.54) is 0 Å². The lowest BCUT2D eigenvalue weighted by molar-refractivity contribution is 0.559. The normalized spacial score (nSPS) is 18.7. The number of rotatable bonds is 4. The summed E-state index contributed by atoms with van der Waals surface area (Å²) >= 11 is 0. The monoisotopic (exact) mass is 309 g/mol. The molecule has 1 aliphatic rings. The molecule has 0 unspecified atom stereocenters. The summed E-state index contributed by atoms with van der Waals surface area (Å²) in [6.07, 6.45) is 6.71. The van der Waals surface area contributed by atoms with Crippen molar-refractivity contribution in [2.45, 2.75) is 25.8 Å². The number of aromatic nitrogens is 3. The van der Waals surface area contributed by atoms with Crippen LogP contribution < -0.4 is 10.6 Å². The molecule has 0 atom stereocenters. The fourth-order valence-corrected chi connectivity index (χ4v) is 4.01. The zero-order valence-corrected chi connectivity index (χ0v) is 12.7. The second-order valence-corrected chi connectivity index (χ2v) is 7.54. The van der Waals surface area contributed by atoms with Gasteiger partial charge in [-0.2, -0.15) is 0 Å². The van der Waals surface area contributed by atoms with Crippen molar-refractivity contribution in [1.82, 2.24) is 14.4 Å². The van der Waals surface area contributed by atoms with Crippen molar-refractivity contribution in [3.05, 3.63) is 18.6 Å². The molecule has 1 aliphatic heterocycles. The molecule has 2 N–H and O–H groups in total. The van der Waals surface area contributed by atoms with Crippen LogP contribution in [0, 0.1) is 0 Å². The van der Waals surface area contributed by atoms with Gasteiger partial charge in [0.2, 0.25) is 0 Å². The van der Waals surface area contributed by atoms with Crippen LogP contribution in [-0.2, 0) is 9.84 Å². The zero-order valence-electron chi connectivity index (χ0n) is 11.9. The Morgan fingerprint density at radius 2 is 2.14 bits per heavy atom. The Morgan fingerprint density at radius 3 is 2.86 bits per heavy atom. The van der Waals surface area contributed by atoms with Gasteiger partial charge in [-0.1, -0.05) is 0 Å². The summed E-state index contributed by atoms with van der Waals surface area (Å²) in [5.74, 6) is 1.95. The first kappa shape index (κ1) is 14.1. The molecule has 0 aromatic carbocycles. The van der Waals surface area contributed by atoms with Gasteiger partial charge in [-0.15, -0.1) is 0 Å². The van der Waals surface area contributed by atoms with Crippen LogP contribution in [0.4, 0.5) is 11.6 Å². The Labute approximate surface area is 123 Å². The Hall–Kier alpha value is -1.83. The maximum atomic E-state index is 11.5. The maximum Gasteiger partial charge on any atom is 0.180 e. The molecule has 0 spiro atoms. The van der Waals surface area contributed by atoms with E-state index in [-0.39, 0.29) is 17.5 Å². The van der Waals surface area contributed by atoms with Crippen LogP contribution in [0.2, 0.25) is 0 Å². The van der Waals surface area contributed by atoms with Crippen LogP contribution >= 0.6 is 0 Å². The van der Waals surface area contributed by atoms with E-state index < -0.39 is 9.84 Å². The largest absolute Gasteiger partial charge is 0.369 e. The summed E-state index contributed by atoms with van der Waals surface area (Å²) < 4.78 is 24.9. The maximum absolute atomic E-state index is 11.5. The van der Waals surface area contributed by atoms with Gasteiger partial charge in [-0.25, -0.2) is 18.4 Å². The quantitative estimate of drug-likeness (QED) is 0.881. The minimum atomic E-state index is -2.85. The van der Waals surface area contributed by atoms with E-state index in [1.54, 1.807) is 6.20 Å². The Balaban J connectivity index is 1.84. The number of nitrogens with zero attached hydrogens (tertiary/aromatic N) is 3. The van der Waals surface area contributed by atoms with Gasteiger partial charge in [0.25, 0.3) is 0 Å². The van der Waals surface area contributed by atoms with Gasteiger partial charge < -0.3 is 15.0 Å². The number of nitrogens with one attached hydrogen (secondary N) is 2. The number of hydrogen-bond donors (Lipinski definition) is 2. The smallest absolute Gasteiger partial charge is 0.180 e. The number of anilines is 2. The summed E-state index contributed by atoms with van der Waals surface area (Å²) in [6, 6.07) is 0.124. The van der Waals surface area contributed by atoms with E-state index in [0.29, 0.717) is 18.7 Å². The summed E-state index contributed by atoms with van der Waals surface area (Å²) in [4.78, 5) is 8.84. The third kappa shape index (κ3) is 3.10. The van der Waals surface area contributed by atoms with Crippen molar-refractivity contribution in [2.24, 2.45) is 0 Å². The van der Waals surface area contributed by atoms with Crippen LogP contribution in [0.5, 0.6) is 0 Å². The number of sulfone groups is 1. The molecule has 0 amide bonds. The first-order valence-corrected chi connectivity index (χ1v) is 8.94. The van der Waals surface area contributed by atoms with Gasteiger partial charge >= 0.3 is 0 Å². The van der Waals surface area contributed by atoms with E-state index in [1.807, 2.05) is 23.7 Å². The fourth-order valence-electron chi connectivity index (χ4n) is 2.52. The first-order chi connectivity index (χ1) is 10.1. The van der Waals surface area contributed by atoms with Gasteiger partial charge in [0, 0.05) is 25.0 Å². The van der Waals surface area contributed by atoms with E-state index >= 15 is 0 Å². The highest BCUT2D eigenvalue weighted by atomic mass is 32.2. The molecule has 0 aliphatic carbocycles. The van der Waals surface area contributed by atoms with Crippen LogP contribution in [0.3, 0.4) is 0 Å². The minimum Gasteiger partial charge on any atom is -0.369 e. The van der Waals surface area contributed by atoms with Crippen molar-refractivity contribution >= 4 is 27.1 Å². The highest BCUT2D eigenvalue weighted by Gasteiger charge is 2.24. The van der Waals surface area contributed by atoms with Gasteiger partial charge in [-0.3, -0.25) is 0 Å². The van der Waals surface area contributed by atoms with Crippen molar-refractivity contribution in [3.63, 3.8) is 0 Å². The molecule has 7 nitrogen and oxygen atoms in total. The molecule has 0 saturated carbocycles. The molecule has 0 radical (unpaired) electrons. The average molecular weight is 309 g/mol. The van der Waals surface area contributed by atoms with Crippen LogP contribution in [-0.4, -0.2) is 46.9 Å². The fraction of sp³-hybridized carbons (Fsp3) is 0.538. The van der Waals surface area contributed by atoms with E-state index in [9.17, 15) is 8.42 Å². The molecule has 2 aromatic heterocycles. The topological polar surface area (TPSA) is 88.4 Å². The van der Waals surface area contributed by atoms with Crippen LogP contribution in [0.15, 0.2) is 18.6 Å². The van der Waals surface area contributed by atoms with Crippen molar-refractivity contribution in [1.29, 1.82) is 0 Å². The Kier molecular flexibility index (Phi) is 3.71. The SMILES string of the molecule is CCNc1cn2ccnc2c(NC2CCS(=O)(=O)CC2)n1. The van der Waals surface area contributed by atoms with Crippen molar-refractivity contribution in [3.8, 4) is 0 Å². The predicted molar refractivity (Wildman–Crippen MR) is 82.4 cm³/mol. The highest BCUT2D eigenvalue weighted by molar-refractivity contribution is 7.91. The lowest BCUT2D eigenvalue weighted by Crippen LogP contribution is -2.32. The predicted octanol–water partition coefficient (Wildman–Crippen LogP) is 1.15. The van der Waals surface area contributed by atoms with E-state index in [0.717, 1.165) is 18.0 Å². The number of hydrogen-bond acceptors (Lipinski definition) is 6. The molecule has 114 valence electrons. The first-order valence-electron chi connectivity index (χ1n) is 7.12. The standard InChI is InChI=1S/C13H19N5O2S/c1-2-14-11-9-18-6-5-15-13(18)12(17-11)16-10-3-7-21(19,20)8-4-10/h5-6,9-10,14H,2-4,7-8H2,1H3,(H,16,17). The second-order valence-electron chi connectivity index (χ2n) is 5.23. The summed E-state index contributed by atoms with van der Waals surface area (Å²) in [5.41, 5.74) is 0.755. The van der Waals surface area contributed by atoms with Gasteiger partial charge in [0.1, 0.15) is 15.7 Å².